The number of rotatable bonds is 3. The second kappa shape index (κ2) is 6.56. The zero-order valence-electron chi connectivity index (χ0n) is 14.5. The Morgan fingerprint density at radius 2 is 1.75 bits per heavy atom. The molecule has 3 rings (SSSR count). The lowest BCUT2D eigenvalue weighted by Crippen LogP contribution is -2.49. The van der Waals surface area contributed by atoms with Crippen molar-refractivity contribution in [3.05, 3.63) is 59.2 Å². The third-order valence-electron chi connectivity index (χ3n) is 4.36. The molecule has 4 nitrogen and oxygen atoms in total. The summed E-state index contributed by atoms with van der Waals surface area (Å²) in [7, 11) is 0. The number of nitrogens with one attached hydrogen (secondary N) is 1. The van der Waals surface area contributed by atoms with Crippen LogP contribution in [0.1, 0.15) is 36.6 Å². The lowest BCUT2D eigenvalue weighted by molar-refractivity contribution is -0.134. The molecule has 1 amide bonds. The Bertz CT molecular complexity index is 756. The highest BCUT2D eigenvalue weighted by atomic mass is 16.6. The highest BCUT2D eigenvalue weighted by Crippen LogP contribution is 2.33. The van der Waals surface area contributed by atoms with E-state index in [1.54, 1.807) is 0 Å². The molecular weight excluding hydrogens is 302 g/mol. The molecule has 126 valence electrons. The first-order valence-corrected chi connectivity index (χ1v) is 8.25. The van der Waals surface area contributed by atoms with Gasteiger partial charge in [0.2, 0.25) is 6.10 Å². The van der Waals surface area contributed by atoms with Gasteiger partial charge in [-0.2, -0.15) is 0 Å². The van der Waals surface area contributed by atoms with Crippen molar-refractivity contribution < 1.29 is 14.3 Å². The van der Waals surface area contributed by atoms with Crippen LogP contribution in [0.15, 0.2) is 42.5 Å². The van der Waals surface area contributed by atoms with Crippen LogP contribution >= 0.6 is 0 Å². The van der Waals surface area contributed by atoms with E-state index in [0.717, 1.165) is 11.1 Å². The highest BCUT2D eigenvalue weighted by Gasteiger charge is 2.34. The topological polar surface area (TPSA) is 47.6 Å². The van der Waals surface area contributed by atoms with Crippen LogP contribution in [0.25, 0.3) is 0 Å². The summed E-state index contributed by atoms with van der Waals surface area (Å²) < 4.78 is 11.7. The summed E-state index contributed by atoms with van der Waals surface area (Å²) in [6.07, 6.45) is -1.00. The van der Waals surface area contributed by atoms with Crippen molar-refractivity contribution in [2.24, 2.45) is 0 Å². The van der Waals surface area contributed by atoms with Crippen LogP contribution in [0.2, 0.25) is 0 Å². The van der Waals surface area contributed by atoms with Gasteiger partial charge in [-0.05, 0) is 51.0 Å². The van der Waals surface area contributed by atoms with Crippen LogP contribution < -0.4 is 14.8 Å². The maximum atomic E-state index is 12.7. The third kappa shape index (κ3) is 3.23. The summed E-state index contributed by atoms with van der Waals surface area (Å²) in [6, 6.07) is 13.6. The molecule has 0 spiro atoms. The Kier molecular flexibility index (Phi) is 4.47. The molecule has 0 unspecified atom stereocenters. The third-order valence-corrected chi connectivity index (χ3v) is 4.36. The predicted molar refractivity (Wildman–Crippen MR) is 93.4 cm³/mol. The average molecular weight is 325 g/mol. The van der Waals surface area contributed by atoms with Gasteiger partial charge in [0.25, 0.3) is 5.91 Å². The Morgan fingerprint density at radius 1 is 1.08 bits per heavy atom. The van der Waals surface area contributed by atoms with E-state index >= 15 is 0 Å². The van der Waals surface area contributed by atoms with E-state index in [9.17, 15) is 4.79 Å². The summed E-state index contributed by atoms with van der Waals surface area (Å²) >= 11 is 0. The lowest BCUT2D eigenvalue weighted by atomic mass is 9.99. The van der Waals surface area contributed by atoms with Gasteiger partial charge in [-0.25, -0.2) is 0 Å². The first-order chi connectivity index (χ1) is 11.5. The molecule has 1 aliphatic rings. The van der Waals surface area contributed by atoms with Crippen molar-refractivity contribution in [2.75, 3.05) is 0 Å². The zero-order chi connectivity index (χ0) is 17.3. The largest absolute Gasteiger partial charge is 0.482 e. The standard InChI is InChI=1S/C20H23NO3/c1-12-9-10-13(2)16(11-12)14(3)21-20(22)19-15(4)23-17-7-5-6-8-18(17)24-19/h5-11,14-15,19H,1-4H3,(H,21,22)/t14-,15+,19-/m1/s1. The molecule has 2 aromatic carbocycles. The second-order valence-corrected chi connectivity index (χ2v) is 6.40. The fourth-order valence-electron chi connectivity index (χ4n) is 3.01. The molecule has 0 radical (unpaired) electrons. The number of ether oxygens (including phenoxy) is 2. The number of benzene rings is 2. The first-order valence-electron chi connectivity index (χ1n) is 8.25. The van der Waals surface area contributed by atoms with Crippen LogP contribution in [-0.2, 0) is 4.79 Å². The maximum absolute atomic E-state index is 12.7. The number of carbonyl (C=O) groups is 1. The van der Waals surface area contributed by atoms with Gasteiger partial charge in [-0.15, -0.1) is 0 Å². The molecule has 0 saturated carbocycles. The van der Waals surface area contributed by atoms with Crippen LogP contribution in [0.5, 0.6) is 11.5 Å². The Labute approximate surface area is 142 Å². The average Bonchev–Trinajstić information content (AvgIpc) is 2.56. The molecule has 1 aliphatic heterocycles. The molecule has 24 heavy (non-hydrogen) atoms. The minimum atomic E-state index is -0.660. The van der Waals surface area contributed by atoms with Gasteiger partial charge in [-0.3, -0.25) is 4.79 Å². The van der Waals surface area contributed by atoms with Crippen molar-refractivity contribution in [1.82, 2.24) is 5.32 Å². The molecule has 2 aromatic rings. The number of carbonyl (C=O) groups excluding carboxylic acids is 1. The van der Waals surface area contributed by atoms with E-state index in [1.807, 2.05) is 38.1 Å². The smallest absolute Gasteiger partial charge is 0.265 e. The number of fused-ring (bicyclic) bond motifs is 1. The van der Waals surface area contributed by atoms with Crippen molar-refractivity contribution >= 4 is 5.91 Å². The normalized spacial score (nSPS) is 20.3. The molecule has 0 saturated heterocycles. The fraction of sp³-hybridized carbons (Fsp3) is 0.350. The minimum absolute atomic E-state index is 0.0922. The predicted octanol–water partition coefficient (Wildman–Crippen LogP) is 3.71. The van der Waals surface area contributed by atoms with Gasteiger partial charge in [0, 0.05) is 0 Å². The van der Waals surface area contributed by atoms with E-state index in [1.165, 1.54) is 5.56 Å². The summed E-state index contributed by atoms with van der Waals surface area (Å²) in [5, 5.41) is 3.05. The molecular formula is C20H23NO3. The van der Waals surface area contributed by atoms with Crippen LogP contribution in [0, 0.1) is 13.8 Å². The van der Waals surface area contributed by atoms with Crippen molar-refractivity contribution in [3.8, 4) is 11.5 Å². The molecule has 0 aliphatic carbocycles. The maximum Gasteiger partial charge on any atom is 0.265 e. The van der Waals surface area contributed by atoms with E-state index < -0.39 is 6.10 Å². The highest BCUT2D eigenvalue weighted by molar-refractivity contribution is 5.82. The number of para-hydroxylation sites is 2. The molecule has 3 atom stereocenters. The molecule has 0 bridgehead atoms. The monoisotopic (exact) mass is 325 g/mol. The summed E-state index contributed by atoms with van der Waals surface area (Å²) in [4.78, 5) is 12.7. The van der Waals surface area contributed by atoms with Crippen LogP contribution in [0.3, 0.4) is 0 Å². The fourth-order valence-corrected chi connectivity index (χ4v) is 3.01. The molecule has 1 N–H and O–H groups in total. The van der Waals surface area contributed by atoms with E-state index in [4.69, 9.17) is 9.47 Å². The lowest BCUT2D eigenvalue weighted by Gasteiger charge is -2.32. The zero-order valence-corrected chi connectivity index (χ0v) is 14.5. The molecule has 1 heterocycles. The first kappa shape index (κ1) is 16.4. The van der Waals surface area contributed by atoms with Crippen molar-refractivity contribution in [2.45, 2.75) is 45.9 Å². The Hall–Kier alpha value is -2.49. The quantitative estimate of drug-likeness (QED) is 0.936. The van der Waals surface area contributed by atoms with Gasteiger partial charge >= 0.3 is 0 Å². The number of hydrogen-bond acceptors (Lipinski definition) is 3. The van der Waals surface area contributed by atoms with Crippen molar-refractivity contribution in [1.29, 1.82) is 0 Å². The van der Waals surface area contributed by atoms with Gasteiger partial charge in [0.1, 0.15) is 6.10 Å². The molecule has 0 fully saturated rings. The summed E-state index contributed by atoms with van der Waals surface area (Å²) in [5.41, 5.74) is 3.46. The van der Waals surface area contributed by atoms with Gasteiger partial charge in [0.15, 0.2) is 11.5 Å². The Balaban J connectivity index is 1.74. The Morgan fingerprint density at radius 3 is 2.46 bits per heavy atom. The van der Waals surface area contributed by atoms with Gasteiger partial charge < -0.3 is 14.8 Å². The number of hydrogen-bond donors (Lipinski definition) is 1. The minimum Gasteiger partial charge on any atom is -0.482 e. The van der Waals surface area contributed by atoms with Gasteiger partial charge in [0.05, 0.1) is 6.04 Å². The summed E-state index contributed by atoms with van der Waals surface area (Å²) in [6.45, 7) is 7.94. The van der Waals surface area contributed by atoms with Crippen LogP contribution in [0.4, 0.5) is 0 Å². The van der Waals surface area contributed by atoms with E-state index in [0.29, 0.717) is 11.5 Å². The van der Waals surface area contributed by atoms with E-state index in [-0.39, 0.29) is 18.1 Å². The molecule has 0 aromatic heterocycles. The number of aryl methyl sites for hydroxylation is 2. The van der Waals surface area contributed by atoms with Crippen molar-refractivity contribution in [3.63, 3.8) is 0 Å². The van der Waals surface area contributed by atoms with Gasteiger partial charge in [-0.1, -0.05) is 35.9 Å². The molecule has 4 heteroatoms. The summed E-state index contributed by atoms with van der Waals surface area (Å²) in [5.74, 6) is 1.12. The SMILES string of the molecule is Cc1ccc(C)c([C@@H](C)NC(=O)[C@@H]2Oc3ccccc3O[C@H]2C)c1. The van der Waals surface area contributed by atoms with Crippen LogP contribution in [-0.4, -0.2) is 18.1 Å². The number of amides is 1. The second-order valence-electron chi connectivity index (χ2n) is 6.40. The van der Waals surface area contributed by atoms with E-state index in [2.05, 4.69) is 37.4 Å².